The Morgan fingerprint density at radius 3 is 2.81 bits per heavy atom. The van der Waals surface area contributed by atoms with Crippen LogP contribution in [0, 0.1) is 0 Å². The first-order valence-corrected chi connectivity index (χ1v) is 11.6. The van der Waals surface area contributed by atoms with Crippen molar-refractivity contribution in [3.05, 3.63) is 53.2 Å². The standard InChI is InChI=1S/C21H22N4O4S2/c1-27-19(26)15-6-22-25(8-15)10-16-9-24-7-14(13-3-4-13)5-17(18(24)23-16)21(11-28-12-21)29-20(30)31-2/h5-9,13H,3-4,10-12H2,1-2H3. The van der Waals surface area contributed by atoms with Crippen LogP contribution in [-0.4, -0.2) is 56.1 Å². The van der Waals surface area contributed by atoms with Crippen molar-refractivity contribution in [2.75, 3.05) is 26.6 Å². The van der Waals surface area contributed by atoms with E-state index in [1.165, 1.54) is 43.5 Å². The minimum atomic E-state index is -0.612. The number of thioether (sulfide) groups is 1. The molecule has 0 unspecified atom stereocenters. The van der Waals surface area contributed by atoms with Gasteiger partial charge in [0.25, 0.3) is 0 Å². The van der Waals surface area contributed by atoms with Gasteiger partial charge < -0.3 is 18.6 Å². The van der Waals surface area contributed by atoms with E-state index in [0.29, 0.717) is 35.6 Å². The molecule has 0 spiro atoms. The van der Waals surface area contributed by atoms with Crippen molar-refractivity contribution in [1.29, 1.82) is 0 Å². The highest BCUT2D eigenvalue weighted by atomic mass is 32.2. The van der Waals surface area contributed by atoms with E-state index in [1.54, 1.807) is 10.9 Å². The van der Waals surface area contributed by atoms with E-state index in [-0.39, 0.29) is 0 Å². The number of methoxy groups -OCH3 is 1. The lowest BCUT2D eigenvalue weighted by Gasteiger charge is -2.41. The van der Waals surface area contributed by atoms with Gasteiger partial charge in [0.2, 0.25) is 4.38 Å². The molecule has 0 atom stereocenters. The van der Waals surface area contributed by atoms with E-state index in [9.17, 15) is 4.79 Å². The summed E-state index contributed by atoms with van der Waals surface area (Å²) in [5.41, 5.74) is 3.74. The summed E-state index contributed by atoms with van der Waals surface area (Å²) < 4.78 is 20.7. The number of carbonyl (C=O) groups excluding carboxylic acids is 1. The zero-order valence-electron chi connectivity index (χ0n) is 17.2. The van der Waals surface area contributed by atoms with E-state index in [1.807, 2.05) is 12.5 Å². The molecule has 5 rings (SSSR count). The number of nitrogens with zero attached hydrogens (tertiary/aromatic N) is 4. The number of fused-ring (bicyclic) bond motifs is 1. The van der Waals surface area contributed by atoms with Gasteiger partial charge in [-0.2, -0.15) is 5.10 Å². The molecule has 1 aliphatic carbocycles. The van der Waals surface area contributed by atoms with E-state index < -0.39 is 11.6 Å². The summed E-state index contributed by atoms with van der Waals surface area (Å²) in [6.45, 7) is 1.33. The summed E-state index contributed by atoms with van der Waals surface area (Å²) in [5.74, 6) is 0.166. The van der Waals surface area contributed by atoms with E-state index in [0.717, 1.165) is 16.9 Å². The predicted molar refractivity (Wildman–Crippen MR) is 120 cm³/mol. The Kier molecular flexibility index (Phi) is 5.23. The van der Waals surface area contributed by atoms with Crippen LogP contribution in [0.5, 0.6) is 0 Å². The number of rotatable bonds is 6. The Morgan fingerprint density at radius 2 is 2.16 bits per heavy atom. The minimum Gasteiger partial charge on any atom is -0.465 e. The Hall–Kier alpha value is -2.43. The second kappa shape index (κ2) is 7.92. The maximum atomic E-state index is 11.7. The lowest BCUT2D eigenvalue weighted by atomic mass is 9.91. The van der Waals surface area contributed by atoms with Crippen molar-refractivity contribution in [1.82, 2.24) is 19.2 Å². The van der Waals surface area contributed by atoms with Crippen LogP contribution in [0.4, 0.5) is 0 Å². The van der Waals surface area contributed by atoms with Crippen molar-refractivity contribution in [3.63, 3.8) is 0 Å². The van der Waals surface area contributed by atoms with Crippen molar-refractivity contribution < 1.29 is 19.0 Å². The number of hydrogen-bond acceptors (Lipinski definition) is 8. The number of carbonyl (C=O) groups is 1. The minimum absolute atomic E-state index is 0.410. The largest absolute Gasteiger partial charge is 0.465 e. The van der Waals surface area contributed by atoms with E-state index >= 15 is 0 Å². The molecule has 31 heavy (non-hydrogen) atoms. The highest BCUT2D eigenvalue weighted by Gasteiger charge is 2.46. The number of imidazole rings is 1. The SMILES string of the molecule is COC(=O)c1cnn(Cc2cn3cc(C4CC4)cc(C4(OC(=S)SC)COC4)c3n2)c1. The van der Waals surface area contributed by atoms with Crippen LogP contribution in [0.3, 0.4) is 0 Å². The molecule has 0 bridgehead atoms. The van der Waals surface area contributed by atoms with Crippen molar-refractivity contribution >= 4 is 40.0 Å². The van der Waals surface area contributed by atoms with Gasteiger partial charge in [0.15, 0.2) is 5.60 Å². The molecular weight excluding hydrogens is 436 g/mol. The molecule has 8 nitrogen and oxygen atoms in total. The second-order valence-corrected chi connectivity index (χ2v) is 9.29. The second-order valence-electron chi connectivity index (χ2n) is 7.89. The molecule has 10 heteroatoms. The van der Waals surface area contributed by atoms with Crippen molar-refractivity contribution in [3.8, 4) is 0 Å². The van der Waals surface area contributed by atoms with Gasteiger partial charge in [0.1, 0.15) is 5.65 Å². The first-order chi connectivity index (χ1) is 15.0. The number of hydrogen-bond donors (Lipinski definition) is 0. The van der Waals surface area contributed by atoms with Crippen LogP contribution in [0.1, 0.15) is 45.9 Å². The van der Waals surface area contributed by atoms with Gasteiger partial charge in [-0.05, 0) is 48.9 Å². The highest BCUT2D eigenvalue weighted by Crippen LogP contribution is 2.44. The van der Waals surface area contributed by atoms with Gasteiger partial charge in [-0.15, -0.1) is 0 Å². The van der Waals surface area contributed by atoms with Crippen LogP contribution < -0.4 is 0 Å². The molecule has 0 aromatic carbocycles. The lowest BCUT2D eigenvalue weighted by molar-refractivity contribution is -0.171. The first kappa shape index (κ1) is 20.5. The number of ether oxygens (including phenoxy) is 3. The number of pyridine rings is 1. The molecule has 1 aliphatic heterocycles. The smallest absolute Gasteiger partial charge is 0.341 e. The molecular formula is C21H22N4O4S2. The summed E-state index contributed by atoms with van der Waals surface area (Å²) in [4.78, 5) is 16.6. The van der Waals surface area contributed by atoms with Gasteiger partial charge in [0, 0.05) is 24.2 Å². The fourth-order valence-corrected chi connectivity index (χ4v) is 4.22. The summed E-state index contributed by atoms with van der Waals surface area (Å²) in [6.07, 6.45) is 11.6. The summed E-state index contributed by atoms with van der Waals surface area (Å²) in [5, 5.41) is 4.26. The van der Waals surface area contributed by atoms with Gasteiger partial charge in [0.05, 0.1) is 44.3 Å². The van der Waals surface area contributed by atoms with E-state index in [4.69, 9.17) is 31.4 Å². The van der Waals surface area contributed by atoms with Crippen LogP contribution in [0.15, 0.2) is 30.9 Å². The normalized spacial score (nSPS) is 17.4. The predicted octanol–water partition coefficient (Wildman–Crippen LogP) is 3.13. The molecule has 2 fully saturated rings. The average Bonchev–Trinajstić information content (AvgIpc) is 3.36. The third-order valence-electron chi connectivity index (χ3n) is 5.66. The third kappa shape index (κ3) is 3.83. The molecule has 3 aromatic rings. The van der Waals surface area contributed by atoms with Crippen LogP contribution in [0.2, 0.25) is 0 Å². The van der Waals surface area contributed by atoms with Gasteiger partial charge in [-0.25, -0.2) is 9.78 Å². The van der Waals surface area contributed by atoms with Crippen molar-refractivity contribution in [2.24, 2.45) is 0 Å². The molecule has 0 radical (unpaired) electrons. The summed E-state index contributed by atoms with van der Waals surface area (Å²) in [7, 11) is 1.35. The quantitative estimate of drug-likeness (QED) is 0.412. The Bertz CT molecular complexity index is 1160. The molecule has 0 amide bonds. The maximum Gasteiger partial charge on any atom is 0.341 e. The van der Waals surface area contributed by atoms with Crippen LogP contribution in [-0.2, 0) is 26.4 Å². The number of thiocarbonyl (C=S) groups is 1. The molecule has 162 valence electrons. The highest BCUT2D eigenvalue weighted by molar-refractivity contribution is 8.22. The van der Waals surface area contributed by atoms with Crippen LogP contribution in [0.25, 0.3) is 5.65 Å². The molecule has 4 heterocycles. The molecule has 3 aromatic heterocycles. The number of esters is 1. The topological polar surface area (TPSA) is 79.9 Å². The van der Waals surface area contributed by atoms with Crippen molar-refractivity contribution in [2.45, 2.75) is 30.9 Å². The summed E-state index contributed by atoms with van der Waals surface area (Å²) in [6, 6.07) is 2.21. The molecule has 1 saturated carbocycles. The van der Waals surface area contributed by atoms with Gasteiger partial charge in [-0.3, -0.25) is 4.68 Å². The summed E-state index contributed by atoms with van der Waals surface area (Å²) >= 11 is 6.77. The molecule has 0 N–H and O–H groups in total. The Balaban J connectivity index is 1.53. The zero-order chi connectivity index (χ0) is 21.6. The average molecular weight is 459 g/mol. The number of aromatic nitrogens is 4. The first-order valence-electron chi connectivity index (χ1n) is 9.99. The van der Waals surface area contributed by atoms with Gasteiger partial charge in [-0.1, -0.05) is 11.8 Å². The monoisotopic (exact) mass is 458 g/mol. The fraction of sp³-hybridized carbons (Fsp3) is 0.429. The van der Waals surface area contributed by atoms with Crippen LogP contribution >= 0.6 is 24.0 Å². The Labute approximate surface area is 188 Å². The van der Waals surface area contributed by atoms with Gasteiger partial charge >= 0.3 is 5.97 Å². The fourth-order valence-electron chi connectivity index (χ4n) is 3.82. The zero-order valence-corrected chi connectivity index (χ0v) is 18.9. The molecule has 1 saturated heterocycles. The third-order valence-corrected chi connectivity index (χ3v) is 6.66. The molecule has 2 aliphatic rings. The van der Waals surface area contributed by atoms with E-state index in [2.05, 4.69) is 21.8 Å². The maximum absolute atomic E-state index is 11.7. The lowest BCUT2D eigenvalue weighted by Crippen LogP contribution is -2.50. The Morgan fingerprint density at radius 1 is 1.35 bits per heavy atom.